The Labute approximate surface area is 172 Å². The van der Waals surface area contributed by atoms with Crippen LogP contribution in [0.25, 0.3) is 11.0 Å². The average Bonchev–Trinajstić information content (AvgIpc) is 2.69. The van der Waals surface area contributed by atoms with Crippen molar-refractivity contribution >= 4 is 34.6 Å². The van der Waals surface area contributed by atoms with Crippen LogP contribution in [0.2, 0.25) is 0 Å². The Morgan fingerprint density at radius 2 is 2.00 bits per heavy atom. The number of benzene rings is 1. The molecule has 2 N–H and O–H groups in total. The number of carbonyl (C=O) groups excluding carboxylic acids is 1. The summed E-state index contributed by atoms with van der Waals surface area (Å²) < 4.78 is 16.0. The highest BCUT2D eigenvalue weighted by Crippen LogP contribution is 2.36. The molecule has 8 nitrogen and oxygen atoms in total. The van der Waals surface area contributed by atoms with Crippen LogP contribution in [0, 0.1) is 6.92 Å². The van der Waals surface area contributed by atoms with E-state index in [1.807, 2.05) is 6.26 Å². The Bertz CT molecular complexity index is 954. The van der Waals surface area contributed by atoms with Gasteiger partial charge in [0.25, 0.3) is 0 Å². The number of carboxylic acid groups (broad SMARTS) is 1. The summed E-state index contributed by atoms with van der Waals surface area (Å²) >= 11 is 1.51. The molecule has 2 rings (SSSR count). The molecule has 29 heavy (non-hydrogen) atoms. The fraction of sp³-hybridized carbons (Fsp3) is 0.450. The minimum atomic E-state index is -1.07. The maximum Gasteiger partial charge on any atom is 0.339 e. The van der Waals surface area contributed by atoms with Gasteiger partial charge in [0.15, 0.2) is 11.3 Å². The zero-order valence-electron chi connectivity index (χ0n) is 16.9. The minimum Gasteiger partial charge on any atom is -0.493 e. The van der Waals surface area contributed by atoms with Crippen molar-refractivity contribution < 1.29 is 28.6 Å². The summed E-state index contributed by atoms with van der Waals surface area (Å²) in [6.07, 6.45) is 2.32. The number of nitrogens with one attached hydrogen (secondary N) is 1. The molecule has 1 aromatic carbocycles. The first-order valence-electron chi connectivity index (χ1n) is 9.02. The first-order valence-corrected chi connectivity index (χ1v) is 10.4. The van der Waals surface area contributed by atoms with Gasteiger partial charge >= 0.3 is 11.6 Å². The monoisotopic (exact) mass is 423 g/mol. The van der Waals surface area contributed by atoms with E-state index >= 15 is 0 Å². The molecule has 0 saturated carbocycles. The van der Waals surface area contributed by atoms with Gasteiger partial charge in [0, 0.05) is 17.4 Å². The highest BCUT2D eigenvalue weighted by atomic mass is 32.2. The van der Waals surface area contributed by atoms with E-state index in [0.717, 1.165) is 0 Å². The summed E-state index contributed by atoms with van der Waals surface area (Å²) in [6.45, 7) is 1.77. The van der Waals surface area contributed by atoms with Crippen molar-refractivity contribution in [3.8, 4) is 11.5 Å². The second-order valence-electron chi connectivity index (χ2n) is 6.41. The summed E-state index contributed by atoms with van der Waals surface area (Å²) in [5.74, 6) is -0.109. The number of aryl methyl sites for hydroxylation is 1. The molecule has 1 aromatic heterocycles. The number of carboxylic acids is 1. The minimum absolute atomic E-state index is 0.0204. The number of thioether (sulfide) groups is 1. The number of fused-ring (bicyclic) bond motifs is 1. The molecule has 0 aliphatic rings. The van der Waals surface area contributed by atoms with E-state index in [1.54, 1.807) is 19.1 Å². The van der Waals surface area contributed by atoms with Crippen LogP contribution in [0.1, 0.15) is 24.0 Å². The maximum atomic E-state index is 12.5. The predicted octanol–water partition coefficient (Wildman–Crippen LogP) is 2.37. The molecule has 0 saturated heterocycles. The third-order valence-corrected chi connectivity index (χ3v) is 5.29. The number of hydrogen-bond donors (Lipinski definition) is 2. The molecule has 0 unspecified atom stereocenters. The van der Waals surface area contributed by atoms with Crippen LogP contribution in [0.3, 0.4) is 0 Å². The summed E-state index contributed by atoms with van der Waals surface area (Å²) in [5.41, 5.74) is 0.773. The number of methoxy groups -OCH3 is 2. The molecule has 1 atom stereocenters. The lowest BCUT2D eigenvalue weighted by Gasteiger charge is -2.15. The molecule has 0 aliphatic carbocycles. The number of rotatable bonds is 10. The maximum absolute atomic E-state index is 12.5. The smallest absolute Gasteiger partial charge is 0.339 e. The van der Waals surface area contributed by atoms with E-state index in [1.165, 1.54) is 26.0 Å². The molecule has 0 fully saturated rings. The van der Waals surface area contributed by atoms with Gasteiger partial charge < -0.3 is 24.3 Å². The van der Waals surface area contributed by atoms with Gasteiger partial charge in [0.05, 0.1) is 14.2 Å². The van der Waals surface area contributed by atoms with Gasteiger partial charge in [-0.15, -0.1) is 0 Å². The highest BCUT2D eigenvalue weighted by Gasteiger charge is 2.21. The molecule has 1 heterocycles. The number of amides is 1. The molecular weight excluding hydrogens is 398 g/mol. The standard InChI is InChI=1S/C20H25NO7S/c1-11-12-5-7-15(26-2)18(27-3)17(12)28-20(25)13(11)6-8-16(22)21-14(19(23)24)9-10-29-4/h5,7,14H,6,8-10H2,1-4H3,(H,21,22)(H,23,24)/t14-/m0/s1. The van der Waals surface area contributed by atoms with Crippen LogP contribution < -0.4 is 20.4 Å². The van der Waals surface area contributed by atoms with Gasteiger partial charge in [-0.2, -0.15) is 11.8 Å². The van der Waals surface area contributed by atoms with Crippen LogP contribution in [0.4, 0.5) is 0 Å². The topological polar surface area (TPSA) is 115 Å². The normalized spacial score (nSPS) is 11.9. The quantitative estimate of drug-likeness (QED) is 0.560. The second-order valence-corrected chi connectivity index (χ2v) is 7.40. The molecular formula is C20H25NO7S. The number of aliphatic carboxylic acids is 1. The van der Waals surface area contributed by atoms with Crippen molar-refractivity contribution in [2.24, 2.45) is 0 Å². The largest absolute Gasteiger partial charge is 0.493 e. The zero-order chi connectivity index (χ0) is 21.6. The van der Waals surface area contributed by atoms with Gasteiger partial charge in [-0.3, -0.25) is 4.79 Å². The fourth-order valence-corrected chi connectivity index (χ4v) is 3.52. The van der Waals surface area contributed by atoms with Crippen molar-refractivity contribution in [3.05, 3.63) is 33.7 Å². The summed E-state index contributed by atoms with van der Waals surface area (Å²) in [4.78, 5) is 36.0. The van der Waals surface area contributed by atoms with Crippen molar-refractivity contribution in [3.63, 3.8) is 0 Å². The lowest BCUT2D eigenvalue weighted by molar-refractivity contribution is -0.141. The molecule has 0 radical (unpaired) electrons. The van der Waals surface area contributed by atoms with Crippen LogP contribution in [-0.4, -0.2) is 49.3 Å². The lowest BCUT2D eigenvalue weighted by Crippen LogP contribution is -2.41. The molecule has 9 heteroatoms. The van der Waals surface area contributed by atoms with Gasteiger partial charge in [0.1, 0.15) is 6.04 Å². The SMILES string of the molecule is COc1ccc2c(C)c(CCC(=O)N[C@@H](CCSC)C(=O)O)c(=O)oc2c1OC. The molecule has 158 valence electrons. The van der Waals surface area contributed by atoms with Crippen LogP contribution in [0.15, 0.2) is 21.3 Å². The lowest BCUT2D eigenvalue weighted by atomic mass is 10.0. The van der Waals surface area contributed by atoms with Crippen molar-refractivity contribution in [2.75, 3.05) is 26.2 Å². The van der Waals surface area contributed by atoms with Crippen molar-refractivity contribution in [2.45, 2.75) is 32.2 Å². The Hall–Kier alpha value is -2.68. The number of carbonyl (C=O) groups is 2. The van der Waals surface area contributed by atoms with Gasteiger partial charge in [-0.25, -0.2) is 9.59 Å². The van der Waals surface area contributed by atoms with E-state index in [0.29, 0.717) is 40.2 Å². The first-order chi connectivity index (χ1) is 13.8. The Kier molecular flexibility index (Phi) is 7.95. The van der Waals surface area contributed by atoms with Crippen molar-refractivity contribution in [1.29, 1.82) is 0 Å². The molecule has 1 amide bonds. The van der Waals surface area contributed by atoms with E-state index in [-0.39, 0.29) is 18.4 Å². The third kappa shape index (κ3) is 5.23. The predicted molar refractivity (Wildman–Crippen MR) is 111 cm³/mol. The van der Waals surface area contributed by atoms with Gasteiger partial charge in [-0.1, -0.05) is 0 Å². The summed E-state index contributed by atoms with van der Waals surface area (Å²) in [6, 6.07) is 2.54. The van der Waals surface area contributed by atoms with Crippen LogP contribution >= 0.6 is 11.8 Å². The molecule has 0 spiro atoms. The molecule has 0 aliphatic heterocycles. The van der Waals surface area contributed by atoms with Gasteiger partial charge in [-0.05, 0) is 49.5 Å². The van der Waals surface area contributed by atoms with Crippen molar-refractivity contribution in [1.82, 2.24) is 5.32 Å². The van der Waals surface area contributed by atoms with E-state index < -0.39 is 23.5 Å². The Morgan fingerprint density at radius 1 is 1.28 bits per heavy atom. The zero-order valence-corrected chi connectivity index (χ0v) is 17.7. The second kappa shape index (κ2) is 10.2. The first kappa shape index (κ1) is 22.6. The van der Waals surface area contributed by atoms with E-state index in [9.17, 15) is 19.5 Å². The Balaban J connectivity index is 2.23. The molecule has 0 bridgehead atoms. The Morgan fingerprint density at radius 3 is 2.59 bits per heavy atom. The van der Waals surface area contributed by atoms with Gasteiger partial charge in [0.2, 0.25) is 11.7 Å². The highest BCUT2D eigenvalue weighted by molar-refractivity contribution is 7.98. The van der Waals surface area contributed by atoms with E-state index in [2.05, 4.69) is 5.32 Å². The number of hydrogen-bond acceptors (Lipinski definition) is 7. The van der Waals surface area contributed by atoms with E-state index in [4.69, 9.17) is 13.9 Å². The summed E-state index contributed by atoms with van der Waals surface area (Å²) in [7, 11) is 2.95. The third-order valence-electron chi connectivity index (χ3n) is 4.64. The summed E-state index contributed by atoms with van der Waals surface area (Å²) in [5, 5.41) is 12.4. The van der Waals surface area contributed by atoms with Crippen LogP contribution in [0.5, 0.6) is 11.5 Å². The molecule has 2 aromatic rings. The average molecular weight is 423 g/mol. The fourth-order valence-electron chi connectivity index (χ4n) is 3.05. The number of ether oxygens (including phenoxy) is 2. The van der Waals surface area contributed by atoms with Crippen LogP contribution in [-0.2, 0) is 16.0 Å².